The van der Waals surface area contributed by atoms with Gasteiger partial charge >= 0.3 is 0 Å². The summed E-state index contributed by atoms with van der Waals surface area (Å²) in [6, 6.07) is 22.8. The molecular weight excluding hydrogens is 316 g/mol. The summed E-state index contributed by atoms with van der Waals surface area (Å²) in [4.78, 5) is 12.0. The topological polar surface area (TPSA) is 25.4 Å². The van der Waals surface area contributed by atoms with E-state index in [-0.39, 0.29) is 0 Å². The Hall–Kier alpha value is -2.46. The summed E-state index contributed by atoms with van der Waals surface area (Å²) in [5.41, 5.74) is 4.26. The molecule has 0 radical (unpaired) electrons. The van der Waals surface area contributed by atoms with Crippen LogP contribution >= 0.6 is 11.8 Å². The summed E-state index contributed by atoms with van der Waals surface area (Å²) in [5, 5.41) is 1.91. The van der Waals surface area contributed by atoms with Crippen LogP contribution in [0.25, 0.3) is 11.3 Å². The van der Waals surface area contributed by atoms with E-state index < -0.39 is 0 Å². The maximum atomic E-state index is 6.04. The second-order valence-electron chi connectivity index (χ2n) is 5.67. The van der Waals surface area contributed by atoms with Gasteiger partial charge in [0.1, 0.15) is 0 Å². The van der Waals surface area contributed by atoms with E-state index in [9.17, 15) is 0 Å². The highest BCUT2D eigenvalue weighted by molar-refractivity contribution is 7.98. The normalized spacial score (nSPS) is 13.3. The van der Waals surface area contributed by atoms with Gasteiger partial charge in [-0.3, -0.25) is 0 Å². The minimum atomic E-state index is 0.705. The molecule has 2 heterocycles. The van der Waals surface area contributed by atoms with Gasteiger partial charge in [0.15, 0.2) is 0 Å². The van der Waals surface area contributed by atoms with Crippen LogP contribution < -0.4 is 9.90 Å². The molecule has 2 aromatic carbocycles. The largest absolute Gasteiger partial charge is 0.359 e. The number of benzene rings is 2. The lowest BCUT2D eigenvalue weighted by Gasteiger charge is -2.29. The van der Waals surface area contributed by atoms with Crippen LogP contribution in [0.1, 0.15) is 5.56 Å². The SMILES string of the molecule is CSc1ccc(-c2ccc3c(n2)ON(c2ccccc2)CC3)cc1. The number of hydrogen-bond acceptors (Lipinski definition) is 4. The lowest BCUT2D eigenvalue weighted by atomic mass is 10.1. The number of anilines is 1. The van der Waals surface area contributed by atoms with Crippen molar-refractivity contribution in [3.8, 4) is 17.1 Å². The first kappa shape index (κ1) is 15.1. The van der Waals surface area contributed by atoms with E-state index in [2.05, 4.69) is 54.8 Å². The van der Waals surface area contributed by atoms with Crippen LogP contribution in [-0.2, 0) is 6.42 Å². The zero-order valence-electron chi connectivity index (χ0n) is 13.5. The Bertz CT molecular complexity index is 834. The van der Waals surface area contributed by atoms with Crippen LogP contribution in [0.2, 0.25) is 0 Å². The molecule has 4 heteroatoms. The molecule has 0 atom stereocenters. The Morgan fingerprint density at radius 1 is 0.958 bits per heavy atom. The summed E-state index contributed by atoms with van der Waals surface area (Å²) >= 11 is 1.74. The van der Waals surface area contributed by atoms with Crippen molar-refractivity contribution in [1.29, 1.82) is 0 Å². The maximum absolute atomic E-state index is 6.04. The molecular formula is C20H18N2OS. The molecule has 3 nitrogen and oxygen atoms in total. The molecule has 1 aromatic heterocycles. The van der Waals surface area contributed by atoms with Crippen molar-refractivity contribution < 1.29 is 4.84 Å². The summed E-state index contributed by atoms with van der Waals surface area (Å²) < 4.78 is 0. The van der Waals surface area contributed by atoms with Crippen molar-refractivity contribution in [1.82, 2.24) is 4.98 Å². The third-order valence-electron chi connectivity index (χ3n) is 4.15. The minimum absolute atomic E-state index is 0.705. The molecule has 0 unspecified atom stereocenters. The van der Waals surface area contributed by atoms with Gasteiger partial charge in [0.05, 0.1) is 17.9 Å². The maximum Gasteiger partial charge on any atom is 0.249 e. The zero-order chi connectivity index (χ0) is 16.4. The third kappa shape index (κ3) is 2.97. The highest BCUT2D eigenvalue weighted by Gasteiger charge is 2.20. The summed E-state index contributed by atoms with van der Waals surface area (Å²) in [5.74, 6) is 0.705. The van der Waals surface area contributed by atoms with Gasteiger partial charge < -0.3 is 4.84 Å². The zero-order valence-corrected chi connectivity index (χ0v) is 14.3. The fraction of sp³-hybridized carbons (Fsp3) is 0.150. The van der Waals surface area contributed by atoms with Crippen molar-refractivity contribution in [2.45, 2.75) is 11.3 Å². The van der Waals surface area contributed by atoms with E-state index in [1.165, 1.54) is 4.90 Å². The molecule has 4 rings (SSSR count). The monoisotopic (exact) mass is 334 g/mol. The molecule has 0 bridgehead atoms. The number of aromatic nitrogens is 1. The first-order valence-corrected chi connectivity index (χ1v) is 9.21. The Balaban J connectivity index is 1.62. The molecule has 0 fully saturated rings. The fourth-order valence-corrected chi connectivity index (χ4v) is 3.22. The van der Waals surface area contributed by atoms with E-state index in [0.29, 0.717) is 5.88 Å². The van der Waals surface area contributed by atoms with E-state index in [4.69, 9.17) is 9.82 Å². The quantitative estimate of drug-likeness (QED) is 0.641. The van der Waals surface area contributed by atoms with Gasteiger partial charge in [-0.2, -0.15) is 0 Å². The lowest BCUT2D eigenvalue weighted by Crippen LogP contribution is -2.34. The minimum Gasteiger partial charge on any atom is -0.359 e. The molecule has 3 aromatic rings. The Kier molecular flexibility index (Phi) is 4.13. The number of para-hydroxylation sites is 1. The summed E-state index contributed by atoms with van der Waals surface area (Å²) in [7, 11) is 0. The summed E-state index contributed by atoms with van der Waals surface area (Å²) in [6.07, 6.45) is 3.01. The first-order chi connectivity index (χ1) is 11.8. The van der Waals surface area contributed by atoms with Crippen molar-refractivity contribution in [3.05, 3.63) is 72.3 Å². The Labute approximate surface area is 146 Å². The van der Waals surface area contributed by atoms with Gasteiger partial charge in [0.2, 0.25) is 5.88 Å². The van der Waals surface area contributed by atoms with Crippen molar-refractivity contribution in [2.24, 2.45) is 0 Å². The number of nitrogens with zero attached hydrogens (tertiary/aromatic N) is 2. The fourth-order valence-electron chi connectivity index (χ4n) is 2.81. The number of hydroxylamine groups is 1. The van der Waals surface area contributed by atoms with Crippen LogP contribution in [0.4, 0.5) is 5.69 Å². The molecule has 0 spiro atoms. The molecule has 1 aliphatic heterocycles. The van der Waals surface area contributed by atoms with Gasteiger partial charge in [-0.15, -0.1) is 11.8 Å². The van der Waals surface area contributed by atoms with Gasteiger partial charge in [-0.05, 0) is 43.0 Å². The number of rotatable bonds is 3. The summed E-state index contributed by atoms with van der Waals surface area (Å²) in [6.45, 7) is 0.834. The van der Waals surface area contributed by atoms with Gasteiger partial charge in [-0.1, -0.05) is 36.4 Å². The molecule has 0 amide bonds. The average molecular weight is 334 g/mol. The van der Waals surface area contributed by atoms with Gasteiger partial charge in [-0.25, -0.2) is 10.0 Å². The average Bonchev–Trinajstić information content (AvgIpc) is 2.68. The number of pyridine rings is 1. The molecule has 0 saturated heterocycles. The van der Waals surface area contributed by atoms with E-state index in [0.717, 1.165) is 35.5 Å². The van der Waals surface area contributed by atoms with Crippen molar-refractivity contribution in [2.75, 3.05) is 17.9 Å². The molecule has 120 valence electrons. The van der Waals surface area contributed by atoms with Crippen LogP contribution in [-0.4, -0.2) is 17.8 Å². The second-order valence-corrected chi connectivity index (χ2v) is 6.55. The van der Waals surface area contributed by atoms with Crippen molar-refractivity contribution in [3.63, 3.8) is 0 Å². The van der Waals surface area contributed by atoms with E-state index in [1.807, 2.05) is 23.3 Å². The highest BCUT2D eigenvalue weighted by atomic mass is 32.2. The number of hydrogen-bond donors (Lipinski definition) is 0. The Morgan fingerprint density at radius 2 is 1.75 bits per heavy atom. The van der Waals surface area contributed by atoms with Crippen molar-refractivity contribution >= 4 is 17.4 Å². The molecule has 0 aliphatic carbocycles. The van der Waals surface area contributed by atoms with E-state index >= 15 is 0 Å². The standard InChI is InChI=1S/C20H18N2OS/c1-24-18-10-7-15(8-11-18)19-12-9-16-13-14-22(23-20(16)21-19)17-5-3-2-4-6-17/h2-12H,13-14H2,1H3. The molecule has 24 heavy (non-hydrogen) atoms. The molecule has 0 saturated carbocycles. The van der Waals surface area contributed by atoms with Crippen LogP contribution in [0.3, 0.4) is 0 Å². The molecule has 1 aliphatic rings. The molecule has 0 N–H and O–H groups in total. The smallest absolute Gasteiger partial charge is 0.249 e. The predicted octanol–water partition coefficient (Wildman–Crippen LogP) is 4.83. The first-order valence-electron chi connectivity index (χ1n) is 7.98. The third-order valence-corrected chi connectivity index (χ3v) is 4.89. The second kappa shape index (κ2) is 6.57. The van der Waals surface area contributed by atoms with Gasteiger partial charge in [0.25, 0.3) is 0 Å². The highest BCUT2D eigenvalue weighted by Crippen LogP contribution is 2.30. The van der Waals surface area contributed by atoms with Crippen LogP contribution in [0, 0.1) is 0 Å². The van der Waals surface area contributed by atoms with E-state index in [1.54, 1.807) is 11.8 Å². The van der Waals surface area contributed by atoms with Gasteiger partial charge in [0, 0.05) is 16.0 Å². The predicted molar refractivity (Wildman–Crippen MR) is 99.6 cm³/mol. The lowest BCUT2D eigenvalue weighted by molar-refractivity contribution is 0.249. The van der Waals surface area contributed by atoms with Crippen LogP contribution in [0.5, 0.6) is 5.88 Å². The number of thioether (sulfide) groups is 1. The number of fused-ring (bicyclic) bond motifs is 1. The Morgan fingerprint density at radius 3 is 2.50 bits per heavy atom. The van der Waals surface area contributed by atoms with Crippen LogP contribution in [0.15, 0.2) is 71.6 Å².